The normalized spacial score (nSPS) is 10.2. The third-order valence-corrected chi connectivity index (χ3v) is 2.92. The van der Waals surface area contributed by atoms with Gasteiger partial charge in [0.2, 0.25) is 0 Å². The molecule has 0 aliphatic rings. The van der Waals surface area contributed by atoms with E-state index in [-0.39, 0.29) is 0 Å². The summed E-state index contributed by atoms with van der Waals surface area (Å²) in [6.07, 6.45) is 0. The van der Waals surface area contributed by atoms with Crippen molar-refractivity contribution in [3.8, 4) is 0 Å². The van der Waals surface area contributed by atoms with Crippen molar-refractivity contribution in [1.29, 1.82) is 0 Å². The minimum absolute atomic E-state index is 1.06. The number of aryl methyl sites for hydroxylation is 1. The maximum atomic E-state index is 2.28. The summed E-state index contributed by atoms with van der Waals surface area (Å²) in [5, 5.41) is 0. The molecule has 0 unspecified atom stereocenters. The quantitative estimate of drug-likeness (QED) is 0.671. The van der Waals surface area contributed by atoms with Crippen LogP contribution in [0.3, 0.4) is 0 Å². The Bertz CT molecular complexity index is 302. The fourth-order valence-electron chi connectivity index (χ4n) is 1.53. The molecular weight excluding hydrogens is 158 g/mol. The summed E-state index contributed by atoms with van der Waals surface area (Å²) >= 11 is 0. The number of hydrogen-bond donors (Lipinski definition) is 0. The Morgan fingerprint density at radius 1 is 1.08 bits per heavy atom. The van der Waals surface area contributed by atoms with E-state index >= 15 is 0 Å². The van der Waals surface area contributed by atoms with Crippen molar-refractivity contribution in [3.63, 3.8) is 0 Å². The molecule has 0 radical (unpaired) electrons. The van der Waals surface area contributed by atoms with Crippen molar-refractivity contribution in [2.75, 3.05) is 18.5 Å². The smallest absolute Gasteiger partial charge is 0.0396 e. The van der Waals surface area contributed by atoms with Gasteiger partial charge in [-0.05, 0) is 50.5 Å². The largest absolute Gasteiger partial charge is 0.375 e. The average molecular weight is 177 g/mol. The first-order chi connectivity index (χ1) is 6.07. The van der Waals surface area contributed by atoms with Gasteiger partial charge in [0.15, 0.2) is 0 Å². The Labute approximate surface area is 81.4 Å². The number of benzene rings is 1. The van der Waals surface area contributed by atoms with Gasteiger partial charge >= 0.3 is 0 Å². The average Bonchev–Trinajstić information content (AvgIpc) is 2.13. The van der Waals surface area contributed by atoms with Crippen LogP contribution in [0.1, 0.15) is 23.6 Å². The molecule has 13 heavy (non-hydrogen) atoms. The van der Waals surface area contributed by atoms with Crippen LogP contribution >= 0.6 is 0 Å². The SMILES string of the molecule is CCN(C)c1ccc(C)c(C)c1C. The third-order valence-electron chi connectivity index (χ3n) is 2.92. The van der Waals surface area contributed by atoms with Crippen LogP contribution in [0, 0.1) is 20.8 Å². The van der Waals surface area contributed by atoms with Gasteiger partial charge in [-0.25, -0.2) is 0 Å². The van der Waals surface area contributed by atoms with Crippen molar-refractivity contribution < 1.29 is 0 Å². The van der Waals surface area contributed by atoms with Crippen LogP contribution in [-0.2, 0) is 0 Å². The van der Waals surface area contributed by atoms with Crippen molar-refractivity contribution in [1.82, 2.24) is 0 Å². The van der Waals surface area contributed by atoms with E-state index in [1.807, 2.05) is 0 Å². The Balaban J connectivity index is 3.18. The van der Waals surface area contributed by atoms with Gasteiger partial charge < -0.3 is 4.90 Å². The molecule has 72 valence electrons. The predicted molar refractivity (Wildman–Crippen MR) is 59.6 cm³/mol. The summed E-state index contributed by atoms with van der Waals surface area (Å²) in [7, 11) is 2.14. The van der Waals surface area contributed by atoms with Crippen molar-refractivity contribution in [2.24, 2.45) is 0 Å². The molecule has 0 spiro atoms. The van der Waals surface area contributed by atoms with E-state index in [4.69, 9.17) is 0 Å². The maximum absolute atomic E-state index is 2.28. The third kappa shape index (κ3) is 1.85. The molecule has 1 nitrogen and oxygen atoms in total. The number of rotatable bonds is 2. The molecular formula is C12H19N. The number of anilines is 1. The van der Waals surface area contributed by atoms with Gasteiger partial charge in [0, 0.05) is 19.3 Å². The van der Waals surface area contributed by atoms with Crippen LogP contribution < -0.4 is 4.90 Å². The van der Waals surface area contributed by atoms with E-state index in [9.17, 15) is 0 Å². The first-order valence-electron chi connectivity index (χ1n) is 4.85. The van der Waals surface area contributed by atoms with E-state index in [2.05, 4.69) is 51.8 Å². The maximum Gasteiger partial charge on any atom is 0.0396 e. The minimum Gasteiger partial charge on any atom is -0.375 e. The second-order valence-electron chi connectivity index (χ2n) is 3.67. The molecule has 1 aromatic rings. The van der Waals surface area contributed by atoms with Crippen LogP contribution in [-0.4, -0.2) is 13.6 Å². The van der Waals surface area contributed by atoms with E-state index in [0.717, 1.165) is 6.54 Å². The van der Waals surface area contributed by atoms with Gasteiger partial charge in [-0.15, -0.1) is 0 Å². The van der Waals surface area contributed by atoms with E-state index in [0.29, 0.717) is 0 Å². The van der Waals surface area contributed by atoms with Crippen molar-refractivity contribution >= 4 is 5.69 Å². The molecule has 0 heterocycles. The summed E-state index contributed by atoms with van der Waals surface area (Å²) in [5.74, 6) is 0. The summed E-state index contributed by atoms with van der Waals surface area (Å²) in [6.45, 7) is 9.79. The van der Waals surface area contributed by atoms with Crippen LogP contribution in [0.4, 0.5) is 5.69 Å². The Kier molecular flexibility index (Phi) is 2.97. The van der Waals surface area contributed by atoms with Crippen LogP contribution in [0.2, 0.25) is 0 Å². The summed E-state index contributed by atoms with van der Waals surface area (Å²) < 4.78 is 0. The highest BCUT2D eigenvalue weighted by Gasteiger charge is 2.05. The van der Waals surface area contributed by atoms with Gasteiger partial charge in [0.25, 0.3) is 0 Å². The number of hydrogen-bond acceptors (Lipinski definition) is 1. The Hall–Kier alpha value is -0.980. The molecule has 0 saturated carbocycles. The lowest BCUT2D eigenvalue weighted by Crippen LogP contribution is -2.17. The molecule has 0 N–H and O–H groups in total. The zero-order valence-corrected chi connectivity index (χ0v) is 9.31. The zero-order valence-electron chi connectivity index (χ0n) is 9.31. The second kappa shape index (κ2) is 3.82. The van der Waals surface area contributed by atoms with E-state index < -0.39 is 0 Å². The molecule has 0 bridgehead atoms. The molecule has 0 aromatic heterocycles. The van der Waals surface area contributed by atoms with Gasteiger partial charge in [0.05, 0.1) is 0 Å². The summed E-state index contributed by atoms with van der Waals surface area (Å²) in [5.41, 5.74) is 5.55. The van der Waals surface area contributed by atoms with Crippen molar-refractivity contribution in [3.05, 3.63) is 28.8 Å². The Morgan fingerprint density at radius 2 is 1.69 bits per heavy atom. The molecule has 0 fully saturated rings. The van der Waals surface area contributed by atoms with Gasteiger partial charge in [-0.2, -0.15) is 0 Å². The Morgan fingerprint density at radius 3 is 2.23 bits per heavy atom. The molecule has 1 rings (SSSR count). The molecule has 0 aliphatic heterocycles. The first kappa shape index (κ1) is 10.1. The van der Waals surface area contributed by atoms with Crippen molar-refractivity contribution in [2.45, 2.75) is 27.7 Å². The summed E-state index contributed by atoms with van der Waals surface area (Å²) in [6, 6.07) is 4.41. The molecule has 0 atom stereocenters. The predicted octanol–water partition coefficient (Wildman–Crippen LogP) is 3.07. The summed E-state index contributed by atoms with van der Waals surface area (Å²) in [4.78, 5) is 2.28. The molecule has 0 aliphatic carbocycles. The minimum atomic E-state index is 1.06. The lowest BCUT2D eigenvalue weighted by Gasteiger charge is -2.21. The van der Waals surface area contributed by atoms with Gasteiger partial charge in [-0.3, -0.25) is 0 Å². The molecule has 0 saturated heterocycles. The lowest BCUT2D eigenvalue weighted by molar-refractivity contribution is 0.957. The van der Waals surface area contributed by atoms with Gasteiger partial charge in [0.1, 0.15) is 0 Å². The highest BCUT2D eigenvalue weighted by atomic mass is 15.1. The molecule has 1 heteroatoms. The second-order valence-corrected chi connectivity index (χ2v) is 3.67. The van der Waals surface area contributed by atoms with Crippen LogP contribution in [0.25, 0.3) is 0 Å². The van der Waals surface area contributed by atoms with Crippen LogP contribution in [0.5, 0.6) is 0 Å². The standard InChI is InChI=1S/C12H19N/c1-6-13(5)12-8-7-9(2)10(3)11(12)4/h7-8H,6H2,1-5H3. The van der Waals surface area contributed by atoms with Gasteiger partial charge in [-0.1, -0.05) is 6.07 Å². The highest BCUT2D eigenvalue weighted by Crippen LogP contribution is 2.23. The fraction of sp³-hybridized carbons (Fsp3) is 0.500. The van der Waals surface area contributed by atoms with E-state index in [1.165, 1.54) is 22.4 Å². The topological polar surface area (TPSA) is 3.24 Å². The van der Waals surface area contributed by atoms with Crippen LogP contribution in [0.15, 0.2) is 12.1 Å². The van der Waals surface area contributed by atoms with E-state index in [1.54, 1.807) is 0 Å². The molecule has 0 amide bonds. The number of nitrogens with zero attached hydrogens (tertiary/aromatic N) is 1. The monoisotopic (exact) mass is 177 g/mol. The molecule has 1 aromatic carbocycles. The fourth-order valence-corrected chi connectivity index (χ4v) is 1.53. The highest BCUT2D eigenvalue weighted by molar-refractivity contribution is 5.57. The first-order valence-corrected chi connectivity index (χ1v) is 4.85. The zero-order chi connectivity index (χ0) is 10.0. The lowest BCUT2D eigenvalue weighted by atomic mass is 10.0.